The minimum atomic E-state index is -0.0996. The number of hydrogen-bond donors (Lipinski definition) is 1. The number of ether oxygens (including phenoxy) is 1. The molecular formula is C12H22N2O2S. The summed E-state index contributed by atoms with van der Waals surface area (Å²) < 4.78 is 5.23. The molecule has 0 aromatic heterocycles. The van der Waals surface area contributed by atoms with Crippen molar-refractivity contribution in [3.63, 3.8) is 0 Å². The summed E-state index contributed by atoms with van der Waals surface area (Å²) in [4.78, 5) is 13.9. The highest BCUT2D eigenvalue weighted by atomic mass is 32.2. The van der Waals surface area contributed by atoms with Crippen LogP contribution in [-0.2, 0) is 9.53 Å². The number of morpholine rings is 1. The standard InChI is InChI=1S/C12H22N2O2S/c1-3-9-17-10-4-13-11(2)12(15)14-5-7-16-8-6-14/h3,11,13H,1,4-10H2,2H3. The summed E-state index contributed by atoms with van der Waals surface area (Å²) in [6.45, 7) is 9.21. The van der Waals surface area contributed by atoms with Crippen LogP contribution in [-0.4, -0.2) is 61.2 Å². The zero-order chi connectivity index (χ0) is 12.5. The number of rotatable bonds is 7. The molecule has 1 N–H and O–H groups in total. The van der Waals surface area contributed by atoms with Crippen LogP contribution in [0.1, 0.15) is 6.92 Å². The van der Waals surface area contributed by atoms with E-state index in [1.54, 1.807) is 0 Å². The highest BCUT2D eigenvalue weighted by Crippen LogP contribution is 2.01. The highest BCUT2D eigenvalue weighted by molar-refractivity contribution is 7.99. The molecule has 0 radical (unpaired) electrons. The van der Waals surface area contributed by atoms with Gasteiger partial charge in [0.05, 0.1) is 19.3 Å². The number of amides is 1. The highest BCUT2D eigenvalue weighted by Gasteiger charge is 2.21. The van der Waals surface area contributed by atoms with Crippen molar-refractivity contribution in [1.29, 1.82) is 0 Å². The van der Waals surface area contributed by atoms with Crippen molar-refractivity contribution in [1.82, 2.24) is 10.2 Å². The first kappa shape index (κ1) is 14.5. The Balaban J connectivity index is 2.14. The van der Waals surface area contributed by atoms with Crippen LogP contribution in [0.2, 0.25) is 0 Å². The molecule has 1 aliphatic heterocycles. The van der Waals surface area contributed by atoms with E-state index in [1.807, 2.05) is 29.7 Å². The van der Waals surface area contributed by atoms with E-state index in [2.05, 4.69) is 11.9 Å². The molecule has 5 heteroatoms. The van der Waals surface area contributed by atoms with Gasteiger partial charge >= 0.3 is 0 Å². The van der Waals surface area contributed by atoms with Gasteiger partial charge in [0.2, 0.25) is 5.91 Å². The average Bonchev–Trinajstić information content (AvgIpc) is 2.38. The van der Waals surface area contributed by atoms with Crippen molar-refractivity contribution < 1.29 is 9.53 Å². The molecule has 1 aliphatic rings. The Kier molecular flexibility index (Phi) is 7.32. The van der Waals surface area contributed by atoms with Crippen LogP contribution >= 0.6 is 11.8 Å². The van der Waals surface area contributed by atoms with Crippen LogP contribution in [0.5, 0.6) is 0 Å². The molecule has 0 aromatic rings. The van der Waals surface area contributed by atoms with E-state index < -0.39 is 0 Å². The summed E-state index contributed by atoms with van der Waals surface area (Å²) in [5.74, 6) is 2.15. The molecule has 1 saturated heterocycles. The lowest BCUT2D eigenvalue weighted by Crippen LogP contribution is -2.49. The van der Waals surface area contributed by atoms with Crippen LogP contribution in [0.3, 0.4) is 0 Å². The van der Waals surface area contributed by atoms with Gasteiger partial charge in [-0.25, -0.2) is 0 Å². The number of carbonyl (C=O) groups excluding carboxylic acids is 1. The van der Waals surface area contributed by atoms with Crippen LogP contribution in [0, 0.1) is 0 Å². The third-order valence-corrected chi connectivity index (χ3v) is 3.59. The lowest BCUT2D eigenvalue weighted by molar-refractivity contribution is -0.137. The fourth-order valence-electron chi connectivity index (χ4n) is 1.66. The predicted molar refractivity (Wildman–Crippen MR) is 72.4 cm³/mol. The molecule has 1 atom stereocenters. The van der Waals surface area contributed by atoms with Gasteiger partial charge < -0.3 is 15.0 Å². The monoisotopic (exact) mass is 258 g/mol. The van der Waals surface area contributed by atoms with E-state index in [1.165, 1.54) is 0 Å². The van der Waals surface area contributed by atoms with E-state index in [9.17, 15) is 4.79 Å². The van der Waals surface area contributed by atoms with Gasteiger partial charge in [-0.05, 0) is 6.92 Å². The van der Waals surface area contributed by atoms with Crippen molar-refractivity contribution in [2.75, 3.05) is 44.4 Å². The van der Waals surface area contributed by atoms with Crippen LogP contribution in [0.4, 0.5) is 0 Å². The molecule has 0 spiro atoms. The lowest BCUT2D eigenvalue weighted by atomic mass is 10.2. The Morgan fingerprint density at radius 3 is 2.94 bits per heavy atom. The maximum atomic E-state index is 12.0. The fraction of sp³-hybridized carbons (Fsp3) is 0.750. The Bertz CT molecular complexity index is 243. The predicted octanol–water partition coefficient (Wildman–Crippen LogP) is 0.742. The van der Waals surface area contributed by atoms with E-state index in [0.717, 1.165) is 31.1 Å². The summed E-state index contributed by atoms with van der Waals surface area (Å²) in [6, 6.07) is -0.0996. The van der Waals surface area contributed by atoms with Crippen molar-refractivity contribution >= 4 is 17.7 Å². The molecule has 1 unspecified atom stereocenters. The molecular weight excluding hydrogens is 236 g/mol. The SMILES string of the molecule is C=CCSCCNC(C)C(=O)N1CCOCC1. The smallest absolute Gasteiger partial charge is 0.239 e. The van der Waals surface area contributed by atoms with Gasteiger partial charge in [-0.15, -0.1) is 6.58 Å². The Hall–Kier alpha value is -0.520. The molecule has 0 bridgehead atoms. The molecule has 1 heterocycles. The summed E-state index contributed by atoms with van der Waals surface area (Å²) >= 11 is 1.82. The maximum Gasteiger partial charge on any atom is 0.239 e. The van der Waals surface area contributed by atoms with E-state index >= 15 is 0 Å². The second-order valence-corrected chi connectivity index (χ2v) is 5.13. The third kappa shape index (κ3) is 5.57. The van der Waals surface area contributed by atoms with Gasteiger partial charge in [-0.3, -0.25) is 4.79 Å². The Morgan fingerprint density at radius 1 is 1.59 bits per heavy atom. The number of hydrogen-bond acceptors (Lipinski definition) is 4. The van der Waals surface area contributed by atoms with Crippen molar-refractivity contribution in [3.05, 3.63) is 12.7 Å². The third-order valence-electron chi connectivity index (χ3n) is 2.63. The number of nitrogens with one attached hydrogen (secondary N) is 1. The van der Waals surface area contributed by atoms with Crippen LogP contribution in [0.25, 0.3) is 0 Å². The van der Waals surface area contributed by atoms with Crippen LogP contribution in [0.15, 0.2) is 12.7 Å². The minimum absolute atomic E-state index is 0.0996. The average molecular weight is 258 g/mol. The molecule has 0 saturated carbocycles. The molecule has 0 aliphatic carbocycles. The molecule has 0 aromatic carbocycles. The second-order valence-electron chi connectivity index (χ2n) is 3.98. The summed E-state index contributed by atoms with van der Waals surface area (Å²) in [5, 5.41) is 3.25. The summed E-state index contributed by atoms with van der Waals surface area (Å²) in [5.41, 5.74) is 0. The zero-order valence-electron chi connectivity index (χ0n) is 10.5. The number of nitrogens with zero attached hydrogens (tertiary/aromatic N) is 1. The van der Waals surface area contributed by atoms with Gasteiger partial charge in [-0.2, -0.15) is 11.8 Å². The van der Waals surface area contributed by atoms with E-state index in [0.29, 0.717) is 13.2 Å². The van der Waals surface area contributed by atoms with E-state index in [-0.39, 0.29) is 11.9 Å². The van der Waals surface area contributed by atoms with Crippen LogP contribution < -0.4 is 5.32 Å². The molecule has 4 nitrogen and oxygen atoms in total. The largest absolute Gasteiger partial charge is 0.378 e. The van der Waals surface area contributed by atoms with E-state index in [4.69, 9.17) is 4.74 Å². The quantitative estimate of drug-likeness (QED) is 0.540. The first-order valence-corrected chi connectivity index (χ1v) is 7.19. The van der Waals surface area contributed by atoms with Gasteiger partial charge in [-0.1, -0.05) is 6.08 Å². The fourth-order valence-corrected chi connectivity index (χ4v) is 2.25. The molecule has 98 valence electrons. The van der Waals surface area contributed by atoms with Gasteiger partial charge in [0, 0.05) is 31.1 Å². The summed E-state index contributed by atoms with van der Waals surface area (Å²) in [7, 11) is 0. The Morgan fingerprint density at radius 2 is 2.29 bits per heavy atom. The Labute approximate surface area is 108 Å². The molecule has 1 amide bonds. The molecule has 1 fully saturated rings. The number of thioether (sulfide) groups is 1. The second kappa shape index (κ2) is 8.55. The normalized spacial score (nSPS) is 17.8. The van der Waals surface area contributed by atoms with Crippen molar-refractivity contribution in [2.24, 2.45) is 0 Å². The van der Waals surface area contributed by atoms with Crippen molar-refractivity contribution in [2.45, 2.75) is 13.0 Å². The number of carbonyl (C=O) groups is 1. The zero-order valence-corrected chi connectivity index (χ0v) is 11.3. The molecule has 1 rings (SSSR count). The topological polar surface area (TPSA) is 41.6 Å². The maximum absolute atomic E-state index is 12.0. The van der Waals surface area contributed by atoms with Gasteiger partial charge in [0.15, 0.2) is 0 Å². The summed E-state index contributed by atoms with van der Waals surface area (Å²) in [6.07, 6.45) is 1.90. The van der Waals surface area contributed by atoms with Gasteiger partial charge in [0.25, 0.3) is 0 Å². The van der Waals surface area contributed by atoms with Crippen molar-refractivity contribution in [3.8, 4) is 0 Å². The first-order valence-electron chi connectivity index (χ1n) is 6.04. The lowest BCUT2D eigenvalue weighted by Gasteiger charge is -2.29. The minimum Gasteiger partial charge on any atom is -0.378 e. The van der Waals surface area contributed by atoms with Gasteiger partial charge in [0.1, 0.15) is 0 Å². The molecule has 17 heavy (non-hydrogen) atoms. The first-order chi connectivity index (χ1) is 8.25.